The van der Waals surface area contributed by atoms with Crippen LogP contribution in [0.25, 0.3) is 0 Å². The highest BCUT2D eigenvalue weighted by atomic mass is 16.2. The number of amides is 3. The van der Waals surface area contributed by atoms with E-state index in [2.05, 4.69) is 10.9 Å². The van der Waals surface area contributed by atoms with Crippen LogP contribution in [0.15, 0.2) is 0 Å². The number of likely N-dealkylation sites (tertiary alicyclic amines) is 1. The summed E-state index contributed by atoms with van der Waals surface area (Å²) in [6, 6.07) is 0. The van der Waals surface area contributed by atoms with E-state index >= 15 is 0 Å². The molecule has 0 aliphatic carbocycles. The van der Waals surface area contributed by atoms with Gasteiger partial charge in [-0.25, -0.2) is 0 Å². The lowest BCUT2D eigenvalue weighted by molar-refractivity contribution is -0.132. The van der Waals surface area contributed by atoms with Gasteiger partial charge in [0.15, 0.2) is 0 Å². The Balaban J connectivity index is 1.80. The summed E-state index contributed by atoms with van der Waals surface area (Å²) in [5.74, 6) is -1.31. The Labute approximate surface area is 106 Å². The van der Waals surface area contributed by atoms with Crippen LogP contribution in [0.1, 0.15) is 38.5 Å². The fourth-order valence-corrected chi connectivity index (χ4v) is 2.42. The zero-order valence-electron chi connectivity index (χ0n) is 10.4. The number of rotatable bonds is 3. The molecule has 2 aliphatic heterocycles. The summed E-state index contributed by atoms with van der Waals surface area (Å²) in [6.07, 6.45) is 5.03. The van der Waals surface area contributed by atoms with E-state index in [1.54, 1.807) is 0 Å². The maximum atomic E-state index is 12.0. The van der Waals surface area contributed by atoms with E-state index in [0.717, 1.165) is 25.9 Å². The molecule has 0 bridgehead atoms. The van der Waals surface area contributed by atoms with Crippen molar-refractivity contribution in [2.24, 2.45) is 5.92 Å². The van der Waals surface area contributed by atoms with E-state index in [1.807, 2.05) is 4.90 Å². The lowest BCUT2D eigenvalue weighted by atomic mass is 10.0. The summed E-state index contributed by atoms with van der Waals surface area (Å²) in [5, 5.41) is 0. The smallest absolute Gasteiger partial charge is 0.251 e. The van der Waals surface area contributed by atoms with Crippen LogP contribution in [0.2, 0.25) is 0 Å². The highest BCUT2D eigenvalue weighted by Crippen LogP contribution is 2.15. The quantitative estimate of drug-likeness (QED) is 0.692. The van der Waals surface area contributed by atoms with Crippen molar-refractivity contribution in [3.05, 3.63) is 0 Å². The topological polar surface area (TPSA) is 78.5 Å². The second-order valence-electron chi connectivity index (χ2n) is 4.86. The maximum absolute atomic E-state index is 12.0. The van der Waals surface area contributed by atoms with Crippen molar-refractivity contribution >= 4 is 17.7 Å². The number of hydrogen-bond acceptors (Lipinski definition) is 3. The third-order valence-corrected chi connectivity index (χ3v) is 3.55. The van der Waals surface area contributed by atoms with E-state index in [9.17, 15) is 14.4 Å². The lowest BCUT2D eigenvalue weighted by Gasteiger charge is -2.20. The van der Waals surface area contributed by atoms with Crippen molar-refractivity contribution in [3.8, 4) is 0 Å². The summed E-state index contributed by atoms with van der Waals surface area (Å²) in [5.41, 5.74) is 4.54. The van der Waals surface area contributed by atoms with Gasteiger partial charge in [0.2, 0.25) is 5.91 Å². The first kappa shape index (κ1) is 12.9. The molecule has 6 nitrogen and oxygen atoms in total. The first-order valence-electron chi connectivity index (χ1n) is 6.56. The van der Waals surface area contributed by atoms with Gasteiger partial charge in [-0.05, 0) is 19.3 Å². The number of carbonyl (C=O) groups excluding carboxylic acids is 3. The normalized spacial score (nSPS) is 21.4. The van der Waals surface area contributed by atoms with Crippen LogP contribution in [0.4, 0.5) is 0 Å². The lowest BCUT2D eigenvalue weighted by Crippen LogP contribution is -2.32. The van der Waals surface area contributed by atoms with E-state index in [1.165, 1.54) is 12.8 Å². The Morgan fingerprint density at radius 1 is 1.06 bits per heavy atom. The molecule has 6 heteroatoms. The molecule has 2 heterocycles. The monoisotopic (exact) mass is 253 g/mol. The van der Waals surface area contributed by atoms with Crippen molar-refractivity contribution < 1.29 is 14.4 Å². The van der Waals surface area contributed by atoms with Gasteiger partial charge >= 0.3 is 0 Å². The minimum Gasteiger partial charge on any atom is -0.343 e. The van der Waals surface area contributed by atoms with Crippen LogP contribution >= 0.6 is 0 Å². The van der Waals surface area contributed by atoms with E-state index in [-0.39, 0.29) is 24.1 Å². The Bertz CT molecular complexity index is 332. The van der Waals surface area contributed by atoms with Crippen molar-refractivity contribution in [2.45, 2.75) is 38.5 Å². The zero-order valence-corrected chi connectivity index (χ0v) is 10.4. The fourth-order valence-electron chi connectivity index (χ4n) is 2.42. The van der Waals surface area contributed by atoms with E-state index < -0.39 is 5.92 Å². The molecule has 2 saturated heterocycles. The van der Waals surface area contributed by atoms with Gasteiger partial charge in [-0.3, -0.25) is 25.2 Å². The molecule has 2 aliphatic rings. The van der Waals surface area contributed by atoms with Crippen LogP contribution < -0.4 is 10.9 Å². The maximum Gasteiger partial charge on any atom is 0.251 e. The molecule has 2 rings (SSSR count). The molecular formula is C12H19N3O3. The second kappa shape index (κ2) is 5.84. The molecule has 18 heavy (non-hydrogen) atoms. The standard InChI is InChI=1S/C12H19N3O3/c16-10(15-7-3-1-2-4-8-15)6-5-9-11(17)13-14-12(9)18/h9H,1-8H2,(H,13,17)(H,14,18). The predicted molar refractivity (Wildman–Crippen MR) is 64.1 cm³/mol. The number of nitrogens with one attached hydrogen (secondary N) is 2. The Kier molecular flexibility index (Phi) is 4.17. The third-order valence-electron chi connectivity index (χ3n) is 3.55. The largest absolute Gasteiger partial charge is 0.343 e. The van der Waals surface area contributed by atoms with Gasteiger partial charge < -0.3 is 4.90 Å². The molecule has 0 aromatic carbocycles. The highest BCUT2D eigenvalue weighted by molar-refractivity contribution is 6.05. The first-order chi connectivity index (χ1) is 8.68. The molecule has 0 radical (unpaired) electrons. The van der Waals surface area contributed by atoms with Crippen molar-refractivity contribution in [3.63, 3.8) is 0 Å². The van der Waals surface area contributed by atoms with Crippen molar-refractivity contribution in [2.75, 3.05) is 13.1 Å². The van der Waals surface area contributed by atoms with Gasteiger partial charge in [0, 0.05) is 19.5 Å². The van der Waals surface area contributed by atoms with Crippen molar-refractivity contribution in [1.29, 1.82) is 0 Å². The Hall–Kier alpha value is -1.59. The molecule has 0 aromatic rings. The van der Waals surface area contributed by atoms with Crippen LogP contribution in [0, 0.1) is 5.92 Å². The molecule has 2 N–H and O–H groups in total. The average molecular weight is 253 g/mol. The van der Waals surface area contributed by atoms with E-state index in [4.69, 9.17) is 0 Å². The van der Waals surface area contributed by atoms with Crippen LogP contribution in [0.3, 0.4) is 0 Å². The molecule has 2 fully saturated rings. The van der Waals surface area contributed by atoms with E-state index in [0.29, 0.717) is 6.42 Å². The molecule has 0 unspecified atom stereocenters. The molecule has 100 valence electrons. The number of carbonyl (C=O) groups is 3. The first-order valence-corrected chi connectivity index (χ1v) is 6.56. The van der Waals surface area contributed by atoms with Gasteiger partial charge in [0.05, 0.1) is 0 Å². The summed E-state index contributed by atoms with van der Waals surface area (Å²) >= 11 is 0. The van der Waals surface area contributed by atoms with Crippen LogP contribution in [-0.2, 0) is 14.4 Å². The molecule has 0 atom stereocenters. The van der Waals surface area contributed by atoms with Crippen molar-refractivity contribution in [1.82, 2.24) is 15.8 Å². The predicted octanol–water partition coefficient (Wildman–Crippen LogP) is -0.0536. The summed E-state index contributed by atoms with van der Waals surface area (Å²) < 4.78 is 0. The van der Waals surface area contributed by atoms with Gasteiger partial charge in [0.25, 0.3) is 11.8 Å². The fraction of sp³-hybridized carbons (Fsp3) is 0.750. The summed E-state index contributed by atoms with van der Waals surface area (Å²) in [7, 11) is 0. The molecular weight excluding hydrogens is 234 g/mol. The van der Waals surface area contributed by atoms with Crippen LogP contribution in [-0.4, -0.2) is 35.7 Å². The highest BCUT2D eigenvalue weighted by Gasteiger charge is 2.33. The molecule has 3 amide bonds. The molecule has 0 aromatic heterocycles. The zero-order chi connectivity index (χ0) is 13.0. The second-order valence-corrected chi connectivity index (χ2v) is 4.86. The molecule has 0 saturated carbocycles. The van der Waals surface area contributed by atoms with Crippen LogP contribution in [0.5, 0.6) is 0 Å². The average Bonchev–Trinajstić information content (AvgIpc) is 2.61. The van der Waals surface area contributed by atoms with Gasteiger partial charge in [-0.15, -0.1) is 0 Å². The van der Waals surface area contributed by atoms with Gasteiger partial charge in [-0.2, -0.15) is 0 Å². The number of hydrogen-bond donors (Lipinski definition) is 2. The Morgan fingerprint density at radius 3 is 2.17 bits per heavy atom. The number of hydrazine groups is 1. The Morgan fingerprint density at radius 2 is 1.61 bits per heavy atom. The SMILES string of the molecule is O=C1NNC(=O)C1CCC(=O)N1CCCCCC1. The minimum absolute atomic E-state index is 0.0596. The molecule has 0 spiro atoms. The van der Waals surface area contributed by atoms with Gasteiger partial charge in [-0.1, -0.05) is 12.8 Å². The third kappa shape index (κ3) is 3.00. The summed E-state index contributed by atoms with van der Waals surface area (Å²) in [4.78, 5) is 36.5. The number of nitrogens with zero attached hydrogens (tertiary/aromatic N) is 1. The van der Waals surface area contributed by atoms with Gasteiger partial charge in [0.1, 0.15) is 5.92 Å². The summed E-state index contributed by atoms with van der Waals surface area (Å²) in [6.45, 7) is 1.61. The minimum atomic E-state index is -0.707.